The quantitative estimate of drug-likeness (QED) is 0.593. The van der Waals surface area contributed by atoms with E-state index in [2.05, 4.69) is 26.4 Å². The van der Waals surface area contributed by atoms with Crippen LogP contribution < -0.4 is 4.72 Å². The van der Waals surface area contributed by atoms with Crippen LogP contribution in [0.3, 0.4) is 0 Å². The summed E-state index contributed by atoms with van der Waals surface area (Å²) in [5, 5.41) is 3.85. The fraction of sp³-hybridized carbons (Fsp3) is 0.412. The topological polar surface area (TPSA) is 90.0 Å². The molecule has 3 rings (SSSR count). The first-order valence-electron chi connectivity index (χ1n) is 8.44. The molecule has 0 bridgehead atoms. The number of aromatic nitrogens is 3. The zero-order chi connectivity index (χ0) is 18.7. The van der Waals surface area contributed by atoms with Gasteiger partial charge in [-0.05, 0) is 26.3 Å². The SMILES string of the molecule is CCc1nccn1CCCNS(=O)(=O)c1cc(-c2cc(C)no2)sc1C. The first kappa shape index (κ1) is 18.8. The van der Waals surface area contributed by atoms with E-state index in [-0.39, 0.29) is 0 Å². The van der Waals surface area contributed by atoms with Gasteiger partial charge in [0.25, 0.3) is 0 Å². The van der Waals surface area contributed by atoms with Gasteiger partial charge >= 0.3 is 0 Å². The van der Waals surface area contributed by atoms with Crippen LogP contribution in [0.4, 0.5) is 0 Å². The Labute approximate surface area is 157 Å². The van der Waals surface area contributed by atoms with Gasteiger partial charge in [0.2, 0.25) is 10.0 Å². The van der Waals surface area contributed by atoms with Crippen LogP contribution in [0.25, 0.3) is 10.6 Å². The molecule has 0 saturated carbocycles. The summed E-state index contributed by atoms with van der Waals surface area (Å²) in [6, 6.07) is 3.44. The zero-order valence-corrected chi connectivity index (χ0v) is 16.7. The van der Waals surface area contributed by atoms with Crippen molar-refractivity contribution in [3.63, 3.8) is 0 Å². The fourth-order valence-electron chi connectivity index (χ4n) is 2.73. The number of nitrogens with zero attached hydrogens (tertiary/aromatic N) is 3. The zero-order valence-electron chi connectivity index (χ0n) is 15.0. The summed E-state index contributed by atoms with van der Waals surface area (Å²) in [4.78, 5) is 6.05. The lowest BCUT2D eigenvalue weighted by molar-refractivity contribution is 0.428. The predicted octanol–water partition coefficient (Wildman–Crippen LogP) is 3.15. The molecule has 0 atom stereocenters. The van der Waals surface area contributed by atoms with Crippen molar-refractivity contribution < 1.29 is 12.9 Å². The van der Waals surface area contributed by atoms with E-state index >= 15 is 0 Å². The average molecular weight is 395 g/mol. The molecule has 3 heterocycles. The van der Waals surface area contributed by atoms with Gasteiger partial charge in [0.15, 0.2) is 5.76 Å². The molecule has 0 aliphatic carbocycles. The Kier molecular flexibility index (Phi) is 5.59. The number of thiophene rings is 1. The van der Waals surface area contributed by atoms with Gasteiger partial charge in [0, 0.05) is 42.8 Å². The highest BCUT2D eigenvalue weighted by molar-refractivity contribution is 7.89. The normalized spacial score (nSPS) is 12.0. The molecule has 0 aromatic carbocycles. The number of nitrogens with one attached hydrogen (secondary N) is 1. The molecule has 0 spiro atoms. The lowest BCUT2D eigenvalue weighted by Gasteiger charge is -2.08. The number of hydrogen-bond donors (Lipinski definition) is 1. The maximum Gasteiger partial charge on any atom is 0.241 e. The smallest absolute Gasteiger partial charge is 0.241 e. The van der Waals surface area contributed by atoms with E-state index in [1.165, 1.54) is 11.3 Å². The van der Waals surface area contributed by atoms with Crippen molar-refractivity contribution in [2.24, 2.45) is 0 Å². The molecule has 0 amide bonds. The Bertz CT molecular complexity index is 985. The first-order chi connectivity index (χ1) is 12.4. The van der Waals surface area contributed by atoms with Crippen molar-refractivity contribution in [1.82, 2.24) is 19.4 Å². The van der Waals surface area contributed by atoms with Gasteiger partial charge in [0.1, 0.15) is 5.82 Å². The molecular formula is C17H22N4O3S2. The van der Waals surface area contributed by atoms with Gasteiger partial charge in [-0.15, -0.1) is 11.3 Å². The molecule has 3 aromatic rings. The molecule has 0 fully saturated rings. The first-order valence-corrected chi connectivity index (χ1v) is 10.7. The van der Waals surface area contributed by atoms with Crippen molar-refractivity contribution in [3.8, 4) is 10.6 Å². The van der Waals surface area contributed by atoms with Crippen LogP contribution in [-0.4, -0.2) is 29.7 Å². The monoisotopic (exact) mass is 394 g/mol. The second kappa shape index (κ2) is 7.73. The maximum atomic E-state index is 12.6. The number of sulfonamides is 1. The molecule has 140 valence electrons. The molecular weight excluding hydrogens is 372 g/mol. The Morgan fingerprint density at radius 2 is 2.12 bits per heavy atom. The second-order valence-corrected chi connectivity index (χ2v) is 9.00. The fourth-order valence-corrected chi connectivity index (χ4v) is 5.34. The number of imidazole rings is 1. The minimum absolute atomic E-state index is 0.295. The third kappa shape index (κ3) is 4.05. The van der Waals surface area contributed by atoms with Gasteiger partial charge in [-0.3, -0.25) is 0 Å². The van der Waals surface area contributed by atoms with Crippen LogP contribution in [0.2, 0.25) is 0 Å². The van der Waals surface area contributed by atoms with Gasteiger partial charge in [-0.2, -0.15) is 0 Å². The van der Waals surface area contributed by atoms with E-state index in [0.717, 1.165) is 34.2 Å². The number of rotatable bonds is 8. The minimum atomic E-state index is -3.55. The molecule has 26 heavy (non-hydrogen) atoms. The summed E-state index contributed by atoms with van der Waals surface area (Å²) in [5.74, 6) is 1.60. The van der Waals surface area contributed by atoms with E-state index in [4.69, 9.17) is 4.52 Å². The van der Waals surface area contributed by atoms with Crippen LogP contribution in [0.1, 0.15) is 29.7 Å². The molecule has 0 radical (unpaired) electrons. The largest absolute Gasteiger partial charge is 0.355 e. The Morgan fingerprint density at radius 3 is 2.81 bits per heavy atom. The van der Waals surface area contributed by atoms with E-state index in [9.17, 15) is 8.42 Å². The van der Waals surface area contributed by atoms with Crippen molar-refractivity contribution in [2.45, 2.75) is 45.1 Å². The summed E-state index contributed by atoms with van der Waals surface area (Å²) < 4.78 is 35.2. The third-order valence-electron chi connectivity index (χ3n) is 4.02. The van der Waals surface area contributed by atoms with E-state index < -0.39 is 10.0 Å². The van der Waals surface area contributed by atoms with E-state index in [1.54, 1.807) is 25.3 Å². The summed E-state index contributed by atoms with van der Waals surface area (Å²) in [6.45, 7) is 6.78. The molecule has 3 aromatic heterocycles. The standard InChI is InChI=1S/C17H22N4O3S2/c1-4-17-18-7-9-21(17)8-5-6-19-26(22,23)16-11-15(25-13(16)3)14-10-12(2)20-24-14/h7,9-11,19H,4-6,8H2,1-3H3. The van der Waals surface area contributed by atoms with Crippen LogP contribution in [0.15, 0.2) is 33.9 Å². The van der Waals surface area contributed by atoms with Gasteiger partial charge in [-0.1, -0.05) is 12.1 Å². The van der Waals surface area contributed by atoms with E-state index in [1.807, 2.05) is 13.1 Å². The highest BCUT2D eigenvalue weighted by Crippen LogP contribution is 2.33. The summed E-state index contributed by atoms with van der Waals surface area (Å²) in [7, 11) is -3.55. The average Bonchev–Trinajstić information content (AvgIpc) is 3.31. The minimum Gasteiger partial charge on any atom is -0.355 e. The van der Waals surface area contributed by atoms with Crippen molar-refractivity contribution in [2.75, 3.05) is 6.54 Å². The molecule has 0 aliphatic heterocycles. The van der Waals surface area contributed by atoms with Gasteiger partial charge in [0.05, 0.1) is 15.5 Å². The van der Waals surface area contributed by atoms with Crippen LogP contribution >= 0.6 is 11.3 Å². The summed E-state index contributed by atoms with van der Waals surface area (Å²) in [6.07, 6.45) is 5.24. The molecule has 0 aliphatic rings. The maximum absolute atomic E-state index is 12.6. The number of aryl methyl sites for hydroxylation is 4. The lowest BCUT2D eigenvalue weighted by atomic mass is 10.3. The Morgan fingerprint density at radius 1 is 1.31 bits per heavy atom. The van der Waals surface area contributed by atoms with Crippen LogP contribution in [0.5, 0.6) is 0 Å². The molecule has 9 heteroatoms. The summed E-state index contributed by atoms with van der Waals surface area (Å²) in [5.41, 5.74) is 0.763. The van der Waals surface area contributed by atoms with Gasteiger partial charge in [-0.25, -0.2) is 18.1 Å². The third-order valence-corrected chi connectivity index (χ3v) is 6.80. The van der Waals surface area contributed by atoms with E-state index in [0.29, 0.717) is 23.6 Å². The summed E-state index contributed by atoms with van der Waals surface area (Å²) >= 11 is 1.38. The van der Waals surface area contributed by atoms with Gasteiger partial charge < -0.3 is 9.09 Å². The second-order valence-electron chi connectivity index (χ2n) is 6.01. The van der Waals surface area contributed by atoms with Crippen molar-refractivity contribution in [1.29, 1.82) is 0 Å². The highest BCUT2D eigenvalue weighted by Gasteiger charge is 2.21. The van der Waals surface area contributed by atoms with Crippen molar-refractivity contribution >= 4 is 21.4 Å². The predicted molar refractivity (Wildman–Crippen MR) is 101 cm³/mol. The molecule has 0 saturated heterocycles. The number of hydrogen-bond acceptors (Lipinski definition) is 6. The Balaban J connectivity index is 1.64. The highest BCUT2D eigenvalue weighted by atomic mass is 32.2. The molecule has 0 unspecified atom stereocenters. The van der Waals surface area contributed by atoms with Crippen LogP contribution in [-0.2, 0) is 23.0 Å². The Hall–Kier alpha value is -1.97. The van der Waals surface area contributed by atoms with Crippen LogP contribution in [0, 0.1) is 13.8 Å². The van der Waals surface area contributed by atoms with Crippen molar-refractivity contribution in [3.05, 3.63) is 40.9 Å². The lowest BCUT2D eigenvalue weighted by Crippen LogP contribution is -2.25. The molecule has 1 N–H and O–H groups in total. The molecule has 7 nitrogen and oxygen atoms in total.